The summed E-state index contributed by atoms with van der Waals surface area (Å²) in [6, 6.07) is 7.54. The Morgan fingerprint density at radius 3 is 2.53 bits per heavy atom. The largest absolute Gasteiger partial charge is 0.398 e. The number of nitriles is 1. The molecular weight excluding hydrogens is 236 g/mol. The Morgan fingerprint density at radius 2 is 1.89 bits per heavy atom. The molecule has 19 heavy (non-hydrogen) atoms. The molecule has 0 saturated heterocycles. The molecule has 4 heteroatoms. The van der Waals surface area contributed by atoms with Gasteiger partial charge in [0.15, 0.2) is 0 Å². The van der Waals surface area contributed by atoms with Crippen molar-refractivity contribution in [2.45, 2.75) is 33.6 Å². The molecule has 4 nitrogen and oxygen atoms in total. The van der Waals surface area contributed by atoms with Crippen molar-refractivity contribution in [3.63, 3.8) is 0 Å². The molecule has 0 bridgehead atoms. The van der Waals surface area contributed by atoms with Crippen molar-refractivity contribution >= 4 is 11.4 Å². The lowest BCUT2D eigenvalue weighted by Gasteiger charge is -2.07. The van der Waals surface area contributed by atoms with Crippen molar-refractivity contribution in [1.82, 2.24) is 5.32 Å². The van der Waals surface area contributed by atoms with Crippen molar-refractivity contribution in [1.29, 1.82) is 5.26 Å². The summed E-state index contributed by atoms with van der Waals surface area (Å²) in [7, 11) is 0. The molecule has 0 atom stereocenters. The molecule has 0 saturated carbocycles. The molecule has 0 aromatic heterocycles. The summed E-state index contributed by atoms with van der Waals surface area (Å²) in [5, 5.41) is 15.4. The smallest absolute Gasteiger partial charge is 0.101 e. The van der Waals surface area contributed by atoms with Crippen molar-refractivity contribution in [2.24, 2.45) is 0 Å². The highest BCUT2D eigenvalue weighted by atomic mass is 14.9. The minimum atomic E-state index is 0.530. The van der Waals surface area contributed by atoms with Gasteiger partial charge in [-0.05, 0) is 44.1 Å². The standard InChI is InChI=1S/C13H20N4.C2H6/c1-2-16-7-3-4-8-17-12-5-6-13(15)11(9-12)10-14;1-2/h5-6,9,16-17H,2-4,7-8,15H2,1H3;1-2H3. The summed E-state index contributed by atoms with van der Waals surface area (Å²) >= 11 is 0. The van der Waals surface area contributed by atoms with Gasteiger partial charge >= 0.3 is 0 Å². The molecule has 0 aliphatic heterocycles. The summed E-state index contributed by atoms with van der Waals surface area (Å²) in [5.74, 6) is 0. The second-order valence-electron chi connectivity index (χ2n) is 3.90. The third-order valence-electron chi connectivity index (χ3n) is 2.53. The molecule has 0 unspecified atom stereocenters. The molecule has 106 valence electrons. The fourth-order valence-corrected chi connectivity index (χ4v) is 1.55. The van der Waals surface area contributed by atoms with Crippen LogP contribution in [0.4, 0.5) is 11.4 Å². The zero-order chi connectivity index (χ0) is 14.5. The predicted molar refractivity (Wildman–Crippen MR) is 83.2 cm³/mol. The Morgan fingerprint density at radius 1 is 1.21 bits per heavy atom. The van der Waals surface area contributed by atoms with Crippen molar-refractivity contribution in [2.75, 3.05) is 30.7 Å². The molecule has 0 amide bonds. The Hall–Kier alpha value is -1.73. The van der Waals surface area contributed by atoms with Crippen LogP contribution >= 0.6 is 0 Å². The number of nitrogens with one attached hydrogen (secondary N) is 2. The molecule has 0 fully saturated rings. The van der Waals surface area contributed by atoms with Gasteiger partial charge in [0.05, 0.1) is 5.56 Å². The first-order chi connectivity index (χ1) is 9.27. The van der Waals surface area contributed by atoms with Gasteiger partial charge in [-0.25, -0.2) is 0 Å². The number of nitrogen functional groups attached to an aromatic ring is 1. The second-order valence-corrected chi connectivity index (χ2v) is 3.90. The van der Waals surface area contributed by atoms with Gasteiger partial charge in [0.2, 0.25) is 0 Å². The SMILES string of the molecule is CC.CCNCCCCNc1ccc(N)c(C#N)c1. The van der Waals surface area contributed by atoms with Crippen LogP contribution in [-0.2, 0) is 0 Å². The molecule has 0 aliphatic rings. The van der Waals surface area contributed by atoms with E-state index in [1.54, 1.807) is 12.1 Å². The van der Waals surface area contributed by atoms with E-state index in [1.165, 1.54) is 0 Å². The number of rotatable bonds is 7. The number of anilines is 2. The van der Waals surface area contributed by atoms with Gasteiger partial charge < -0.3 is 16.4 Å². The quantitative estimate of drug-likeness (QED) is 0.522. The van der Waals surface area contributed by atoms with E-state index in [9.17, 15) is 0 Å². The van der Waals surface area contributed by atoms with Crippen LogP contribution in [0, 0.1) is 11.3 Å². The molecule has 0 heterocycles. The predicted octanol–water partition coefficient (Wildman–Crippen LogP) is 2.97. The van der Waals surface area contributed by atoms with Gasteiger partial charge in [-0.3, -0.25) is 0 Å². The van der Waals surface area contributed by atoms with E-state index < -0.39 is 0 Å². The van der Waals surface area contributed by atoms with E-state index in [0.29, 0.717) is 11.3 Å². The van der Waals surface area contributed by atoms with Crippen molar-refractivity contribution < 1.29 is 0 Å². The minimum absolute atomic E-state index is 0.530. The Bertz CT molecular complexity index is 382. The number of nitrogens with two attached hydrogens (primary N) is 1. The summed E-state index contributed by atoms with van der Waals surface area (Å²) in [4.78, 5) is 0. The first-order valence-electron chi connectivity index (χ1n) is 7.02. The lowest BCUT2D eigenvalue weighted by molar-refractivity contribution is 0.653. The first kappa shape index (κ1) is 17.3. The van der Waals surface area contributed by atoms with Crippen molar-refractivity contribution in [3.8, 4) is 6.07 Å². The molecule has 0 spiro atoms. The molecule has 0 aliphatic carbocycles. The number of hydrogen-bond acceptors (Lipinski definition) is 4. The second kappa shape index (κ2) is 11.4. The van der Waals surface area contributed by atoms with E-state index in [4.69, 9.17) is 11.0 Å². The number of benzene rings is 1. The average Bonchev–Trinajstić information content (AvgIpc) is 2.46. The van der Waals surface area contributed by atoms with E-state index >= 15 is 0 Å². The summed E-state index contributed by atoms with van der Waals surface area (Å²) in [6.07, 6.45) is 2.26. The number of nitrogens with zero attached hydrogens (tertiary/aromatic N) is 1. The van der Waals surface area contributed by atoms with Crippen LogP contribution in [0.5, 0.6) is 0 Å². The molecule has 4 N–H and O–H groups in total. The van der Waals surface area contributed by atoms with Gasteiger partial charge in [-0.15, -0.1) is 0 Å². The Balaban J connectivity index is 0.00000154. The van der Waals surface area contributed by atoms with Gasteiger partial charge in [0.1, 0.15) is 6.07 Å². The van der Waals surface area contributed by atoms with E-state index in [0.717, 1.165) is 38.2 Å². The summed E-state index contributed by atoms with van der Waals surface area (Å²) in [5.41, 5.74) is 7.67. The molecule has 1 aromatic rings. The van der Waals surface area contributed by atoms with Gasteiger partial charge in [-0.1, -0.05) is 20.8 Å². The maximum Gasteiger partial charge on any atom is 0.101 e. The van der Waals surface area contributed by atoms with Crippen LogP contribution in [0.3, 0.4) is 0 Å². The molecular formula is C15H26N4. The van der Waals surface area contributed by atoms with Crippen LogP contribution in [0.15, 0.2) is 18.2 Å². The average molecular weight is 262 g/mol. The maximum atomic E-state index is 8.85. The van der Waals surface area contributed by atoms with Crippen LogP contribution in [0.2, 0.25) is 0 Å². The number of hydrogen-bond donors (Lipinski definition) is 3. The summed E-state index contributed by atoms with van der Waals surface area (Å²) in [6.45, 7) is 9.11. The minimum Gasteiger partial charge on any atom is -0.398 e. The van der Waals surface area contributed by atoms with E-state index in [-0.39, 0.29) is 0 Å². The normalized spacial score (nSPS) is 9.16. The van der Waals surface area contributed by atoms with Gasteiger partial charge in [0, 0.05) is 17.9 Å². The fourth-order valence-electron chi connectivity index (χ4n) is 1.55. The van der Waals surface area contributed by atoms with E-state index in [1.807, 2.05) is 19.9 Å². The van der Waals surface area contributed by atoms with Gasteiger partial charge in [0.25, 0.3) is 0 Å². The zero-order valence-electron chi connectivity index (χ0n) is 12.3. The highest BCUT2D eigenvalue weighted by molar-refractivity contribution is 5.61. The van der Waals surface area contributed by atoms with Gasteiger partial charge in [-0.2, -0.15) is 5.26 Å². The van der Waals surface area contributed by atoms with E-state index in [2.05, 4.69) is 23.6 Å². The molecule has 1 aromatic carbocycles. The fraction of sp³-hybridized carbons (Fsp3) is 0.533. The first-order valence-corrected chi connectivity index (χ1v) is 7.02. The topological polar surface area (TPSA) is 73.9 Å². The van der Waals surface area contributed by atoms with Crippen LogP contribution in [0.1, 0.15) is 39.2 Å². The zero-order valence-corrected chi connectivity index (χ0v) is 12.3. The molecule has 0 radical (unpaired) electrons. The lowest BCUT2D eigenvalue weighted by Crippen LogP contribution is -2.15. The summed E-state index contributed by atoms with van der Waals surface area (Å²) < 4.78 is 0. The van der Waals surface area contributed by atoms with Crippen LogP contribution < -0.4 is 16.4 Å². The highest BCUT2D eigenvalue weighted by Gasteiger charge is 1.99. The third kappa shape index (κ3) is 7.32. The monoisotopic (exact) mass is 262 g/mol. The van der Waals surface area contributed by atoms with Crippen LogP contribution in [-0.4, -0.2) is 19.6 Å². The molecule has 1 rings (SSSR count). The number of unbranched alkanes of at least 4 members (excludes halogenated alkanes) is 1. The third-order valence-corrected chi connectivity index (χ3v) is 2.53. The van der Waals surface area contributed by atoms with Crippen LogP contribution in [0.25, 0.3) is 0 Å². The highest BCUT2D eigenvalue weighted by Crippen LogP contribution is 2.16. The Labute approximate surface area is 117 Å². The van der Waals surface area contributed by atoms with Crippen molar-refractivity contribution in [3.05, 3.63) is 23.8 Å². The lowest BCUT2D eigenvalue weighted by atomic mass is 10.1. The maximum absolute atomic E-state index is 8.85. The Kier molecular flexibility index (Phi) is 10.3.